The van der Waals surface area contributed by atoms with Crippen LogP contribution in [-0.2, 0) is 16.0 Å². The van der Waals surface area contributed by atoms with E-state index in [1.165, 1.54) is 0 Å². The molecule has 1 amide bonds. The van der Waals surface area contributed by atoms with E-state index in [2.05, 4.69) is 25.7 Å². The highest BCUT2D eigenvalue weighted by Gasteiger charge is 2.20. The number of imidazole rings is 1. The number of ether oxygens (including phenoxy) is 1. The van der Waals surface area contributed by atoms with Crippen LogP contribution in [-0.4, -0.2) is 52.9 Å². The van der Waals surface area contributed by atoms with Gasteiger partial charge in [0.15, 0.2) is 0 Å². The Balaban J connectivity index is 1.49. The number of carbonyl (C=O) groups is 2. The third-order valence-electron chi connectivity index (χ3n) is 7.32. The van der Waals surface area contributed by atoms with Crippen LogP contribution in [0.3, 0.4) is 0 Å². The van der Waals surface area contributed by atoms with Gasteiger partial charge in [-0.25, -0.2) is 9.99 Å². The molecule has 2 aromatic heterocycles. The van der Waals surface area contributed by atoms with Crippen LogP contribution in [0.4, 0.5) is 5.69 Å². The number of benzene rings is 2. The molecular formula is C32H42N6O3. The van der Waals surface area contributed by atoms with Crippen molar-refractivity contribution in [2.24, 2.45) is 0 Å². The first kappa shape index (κ1) is 29.9. The van der Waals surface area contributed by atoms with Gasteiger partial charge in [0.1, 0.15) is 17.4 Å². The van der Waals surface area contributed by atoms with Gasteiger partial charge in [0.05, 0.1) is 31.5 Å². The van der Waals surface area contributed by atoms with Crippen molar-refractivity contribution in [2.45, 2.75) is 64.8 Å². The normalized spacial score (nSPS) is 12.0. The van der Waals surface area contributed by atoms with Crippen LogP contribution in [0.15, 0.2) is 48.7 Å². The van der Waals surface area contributed by atoms with Crippen molar-refractivity contribution in [3.8, 4) is 17.0 Å². The van der Waals surface area contributed by atoms with Gasteiger partial charge in [-0.05, 0) is 61.2 Å². The highest BCUT2D eigenvalue weighted by atomic mass is 16.5. The third kappa shape index (κ3) is 7.98. The molecule has 2 aromatic carbocycles. The summed E-state index contributed by atoms with van der Waals surface area (Å²) in [5.74, 6) is 1.71. The Morgan fingerprint density at radius 2 is 1.83 bits per heavy atom. The molecular weight excluding hydrogens is 516 g/mol. The standard InChI is InChI=1S/C32H42N6O3/c1-6-24(39)10-8-7-9-11-29(32-33-20-30(36-32)22-12-14-23(15-13-22)37-38(3)4)35-31(40)19-26-21(2)34-28-17-16-25(41-5)18-27(26)28/h12-18,20,29,34,37H,6-11,19H2,1-5H3,(H,33,36)(H,35,40)/t29-/m0/s1. The Bertz CT molecular complexity index is 1450. The molecule has 9 nitrogen and oxygen atoms in total. The number of unbranched alkanes of at least 4 members (excludes halogenated alkanes) is 2. The number of carbonyl (C=O) groups excluding carboxylic acids is 2. The molecule has 218 valence electrons. The number of nitrogens with zero attached hydrogens (tertiary/aromatic N) is 2. The first-order valence-corrected chi connectivity index (χ1v) is 14.3. The fraction of sp³-hybridized carbons (Fsp3) is 0.406. The summed E-state index contributed by atoms with van der Waals surface area (Å²) >= 11 is 0. The van der Waals surface area contributed by atoms with Gasteiger partial charge in [-0.3, -0.25) is 9.59 Å². The second-order valence-corrected chi connectivity index (χ2v) is 10.7. The van der Waals surface area contributed by atoms with Crippen LogP contribution in [0.5, 0.6) is 5.75 Å². The molecule has 0 bridgehead atoms. The first-order chi connectivity index (χ1) is 19.8. The number of aromatic amines is 2. The summed E-state index contributed by atoms with van der Waals surface area (Å²) in [5.41, 5.74) is 9.05. The van der Waals surface area contributed by atoms with E-state index >= 15 is 0 Å². The van der Waals surface area contributed by atoms with Gasteiger partial charge in [-0.2, -0.15) is 0 Å². The molecule has 0 aliphatic heterocycles. The number of anilines is 1. The molecule has 0 radical (unpaired) electrons. The molecule has 41 heavy (non-hydrogen) atoms. The first-order valence-electron chi connectivity index (χ1n) is 14.3. The van der Waals surface area contributed by atoms with Crippen LogP contribution in [0.25, 0.3) is 22.2 Å². The number of aromatic nitrogens is 3. The second-order valence-electron chi connectivity index (χ2n) is 10.7. The molecule has 1 atom stereocenters. The number of hydrogen-bond acceptors (Lipinski definition) is 6. The predicted octanol–water partition coefficient (Wildman–Crippen LogP) is 6.09. The molecule has 4 rings (SSSR count). The number of nitrogens with one attached hydrogen (secondary N) is 4. The van der Waals surface area contributed by atoms with E-state index < -0.39 is 0 Å². The van der Waals surface area contributed by atoms with Crippen molar-refractivity contribution in [3.63, 3.8) is 0 Å². The monoisotopic (exact) mass is 558 g/mol. The van der Waals surface area contributed by atoms with Crippen LogP contribution < -0.4 is 15.5 Å². The van der Waals surface area contributed by atoms with Crippen LogP contribution in [0.2, 0.25) is 0 Å². The van der Waals surface area contributed by atoms with E-state index in [1.807, 2.05) is 81.6 Å². The summed E-state index contributed by atoms with van der Waals surface area (Å²) < 4.78 is 5.41. The maximum absolute atomic E-state index is 13.4. The second kappa shape index (κ2) is 14.0. The van der Waals surface area contributed by atoms with Gasteiger partial charge in [-0.1, -0.05) is 31.9 Å². The Labute approximate surface area is 242 Å². The summed E-state index contributed by atoms with van der Waals surface area (Å²) in [4.78, 5) is 36.6. The number of aryl methyl sites for hydroxylation is 1. The summed E-state index contributed by atoms with van der Waals surface area (Å²) in [5, 5.41) is 6.12. The Morgan fingerprint density at radius 3 is 2.54 bits per heavy atom. The fourth-order valence-corrected chi connectivity index (χ4v) is 5.07. The quantitative estimate of drug-likeness (QED) is 0.104. The largest absolute Gasteiger partial charge is 0.497 e. The summed E-state index contributed by atoms with van der Waals surface area (Å²) in [7, 11) is 5.53. The number of ketones is 1. The SMILES string of the molecule is CCC(=O)CCCCC[C@H](NC(=O)Cc1c(C)[nH]c2ccc(OC)cc12)c1ncc(-c2ccc(NN(C)C)cc2)[nH]1. The average molecular weight is 559 g/mol. The van der Waals surface area contributed by atoms with Crippen LogP contribution in [0.1, 0.15) is 68.6 Å². The van der Waals surface area contributed by atoms with Crippen molar-refractivity contribution in [3.05, 3.63) is 65.7 Å². The minimum atomic E-state index is -0.271. The lowest BCUT2D eigenvalue weighted by Gasteiger charge is -2.17. The van der Waals surface area contributed by atoms with Gasteiger partial charge in [-0.15, -0.1) is 0 Å². The molecule has 4 aromatic rings. The van der Waals surface area contributed by atoms with E-state index in [-0.39, 0.29) is 18.4 Å². The lowest BCUT2D eigenvalue weighted by Crippen LogP contribution is -2.30. The zero-order chi connectivity index (χ0) is 29.4. The Hall–Kier alpha value is -4.11. The van der Waals surface area contributed by atoms with Crippen molar-refractivity contribution in [1.29, 1.82) is 0 Å². The summed E-state index contributed by atoms with van der Waals surface area (Å²) in [6.07, 6.45) is 6.65. The van der Waals surface area contributed by atoms with Crippen LogP contribution in [0, 0.1) is 6.92 Å². The van der Waals surface area contributed by atoms with Gasteiger partial charge < -0.3 is 25.4 Å². The number of fused-ring (bicyclic) bond motifs is 1. The summed E-state index contributed by atoms with van der Waals surface area (Å²) in [6, 6.07) is 13.7. The lowest BCUT2D eigenvalue weighted by atomic mass is 10.0. The van der Waals surface area contributed by atoms with Gasteiger partial charge >= 0.3 is 0 Å². The Morgan fingerprint density at radius 1 is 1.05 bits per heavy atom. The number of hydrogen-bond donors (Lipinski definition) is 4. The van der Waals surface area contributed by atoms with E-state index in [0.717, 1.165) is 76.4 Å². The molecule has 0 spiro atoms. The molecule has 9 heteroatoms. The van der Waals surface area contributed by atoms with E-state index in [1.54, 1.807) is 7.11 Å². The van der Waals surface area contributed by atoms with Gasteiger partial charge in [0, 0.05) is 49.2 Å². The molecule has 0 unspecified atom stereocenters. The van der Waals surface area contributed by atoms with E-state index in [9.17, 15) is 9.59 Å². The van der Waals surface area contributed by atoms with Crippen LogP contribution >= 0.6 is 0 Å². The predicted molar refractivity (Wildman–Crippen MR) is 164 cm³/mol. The molecule has 0 saturated heterocycles. The zero-order valence-electron chi connectivity index (χ0n) is 24.8. The molecule has 4 N–H and O–H groups in total. The van der Waals surface area contributed by atoms with Gasteiger partial charge in [0.25, 0.3) is 0 Å². The van der Waals surface area contributed by atoms with E-state index in [4.69, 9.17) is 4.74 Å². The molecule has 0 saturated carbocycles. The number of Topliss-reactive ketones (excluding diaryl/α,β-unsaturated/α-hetero) is 1. The zero-order valence-corrected chi connectivity index (χ0v) is 24.8. The maximum atomic E-state index is 13.4. The minimum absolute atomic E-state index is 0.0694. The molecule has 0 aliphatic rings. The average Bonchev–Trinajstić information content (AvgIpc) is 3.56. The molecule has 0 fully saturated rings. The smallest absolute Gasteiger partial charge is 0.225 e. The van der Waals surface area contributed by atoms with Gasteiger partial charge in [0.2, 0.25) is 5.91 Å². The van der Waals surface area contributed by atoms with Crippen molar-refractivity contribution < 1.29 is 14.3 Å². The maximum Gasteiger partial charge on any atom is 0.225 e. The Kier molecular flexibility index (Phi) is 10.2. The van der Waals surface area contributed by atoms with Crippen molar-refractivity contribution in [1.82, 2.24) is 25.3 Å². The third-order valence-corrected chi connectivity index (χ3v) is 7.32. The minimum Gasteiger partial charge on any atom is -0.497 e. The number of hydrazine groups is 1. The van der Waals surface area contributed by atoms with Crippen molar-refractivity contribution >= 4 is 28.3 Å². The molecule has 0 aliphatic carbocycles. The lowest BCUT2D eigenvalue weighted by molar-refractivity contribution is -0.121. The van der Waals surface area contributed by atoms with Crippen molar-refractivity contribution in [2.75, 3.05) is 26.6 Å². The van der Waals surface area contributed by atoms with E-state index in [0.29, 0.717) is 18.6 Å². The highest BCUT2D eigenvalue weighted by molar-refractivity contribution is 5.91. The molecule has 2 heterocycles. The number of amides is 1. The number of H-pyrrole nitrogens is 2. The fourth-order valence-electron chi connectivity index (χ4n) is 5.07. The number of methoxy groups -OCH3 is 1. The number of rotatable bonds is 15. The topological polar surface area (TPSA) is 115 Å². The highest BCUT2D eigenvalue weighted by Crippen LogP contribution is 2.28. The summed E-state index contributed by atoms with van der Waals surface area (Å²) in [6.45, 7) is 3.89.